The van der Waals surface area contributed by atoms with Crippen molar-refractivity contribution in [3.05, 3.63) is 95.3 Å². The van der Waals surface area contributed by atoms with Crippen LogP contribution in [0.25, 0.3) is 5.69 Å². The van der Waals surface area contributed by atoms with Crippen LogP contribution in [0.15, 0.2) is 78.0 Å². The van der Waals surface area contributed by atoms with E-state index in [1.807, 2.05) is 34.9 Å². The molecule has 7 heteroatoms. The Morgan fingerprint density at radius 2 is 1.64 bits per heavy atom. The van der Waals surface area contributed by atoms with Crippen molar-refractivity contribution in [2.75, 3.05) is 18.2 Å². The van der Waals surface area contributed by atoms with Gasteiger partial charge in [0.05, 0.1) is 19.4 Å². The number of benzene rings is 3. The number of methoxy groups -OCH3 is 1. The van der Waals surface area contributed by atoms with E-state index < -0.39 is 0 Å². The second-order valence-corrected chi connectivity index (χ2v) is 8.57. The number of aromatic nitrogens is 3. The third-order valence-corrected chi connectivity index (χ3v) is 6.29. The number of para-hydroxylation sites is 2. The third kappa shape index (κ3) is 5.26. The van der Waals surface area contributed by atoms with Gasteiger partial charge in [0, 0.05) is 16.9 Å². The molecule has 0 aliphatic heterocycles. The van der Waals surface area contributed by atoms with E-state index in [0.29, 0.717) is 17.3 Å². The highest BCUT2D eigenvalue weighted by Crippen LogP contribution is 2.25. The predicted molar refractivity (Wildman–Crippen MR) is 133 cm³/mol. The van der Waals surface area contributed by atoms with Crippen LogP contribution in [0.4, 0.5) is 5.69 Å². The van der Waals surface area contributed by atoms with Crippen LogP contribution in [-0.4, -0.2) is 33.4 Å². The average Bonchev–Trinajstić information content (AvgIpc) is 3.25. The number of nitrogens with one attached hydrogen (secondary N) is 1. The van der Waals surface area contributed by atoms with Crippen molar-refractivity contribution in [3.8, 4) is 11.4 Å². The highest BCUT2D eigenvalue weighted by atomic mass is 32.2. The van der Waals surface area contributed by atoms with Gasteiger partial charge in [-0.3, -0.25) is 9.36 Å². The number of nitrogens with zero attached hydrogens (tertiary/aromatic N) is 3. The van der Waals surface area contributed by atoms with E-state index in [0.717, 1.165) is 22.9 Å². The normalized spacial score (nSPS) is 10.8. The summed E-state index contributed by atoms with van der Waals surface area (Å²) in [5, 5.41) is 13.0. The average molecular weight is 459 g/mol. The minimum absolute atomic E-state index is 0.0282. The van der Waals surface area contributed by atoms with Crippen LogP contribution in [0.2, 0.25) is 0 Å². The summed E-state index contributed by atoms with van der Waals surface area (Å²) in [5.41, 5.74) is 5.07. The molecular weight excluding hydrogens is 432 g/mol. The van der Waals surface area contributed by atoms with Crippen molar-refractivity contribution in [1.82, 2.24) is 14.8 Å². The molecule has 0 spiro atoms. The molecular formula is C26H26N4O2S. The number of hydrogen-bond acceptors (Lipinski definition) is 6. The Balaban J connectivity index is 1.55. The number of thioether (sulfide) groups is 1. The van der Waals surface area contributed by atoms with Gasteiger partial charge in [-0.1, -0.05) is 48.2 Å². The molecule has 1 N–H and O–H groups in total. The molecule has 0 fully saturated rings. The summed E-state index contributed by atoms with van der Waals surface area (Å²) in [7, 11) is 1.61. The first-order chi connectivity index (χ1) is 16.1. The molecule has 4 aromatic rings. The van der Waals surface area contributed by atoms with Gasteiger partial charge in [0.25, 0.3) is 0 Å². The summed E-state index contributed by atoms with van der Waals surface area (Å²) in [4.78, 5) is 12.7. The number of anilines is 1. The molecule has 0 saturated heterocycles. The lowest BCUT2D eigenvalue weighted by molar-refractivity contribution is 0.102. The molecule has 3 aromatic carbocycles. The molecule has 0 amide bonds. The fourth-order valence-corrected chi connectivity index (χ4v) is 4.46. The van der Waals surface area contributed by atoms with E-state index in [4.69, 9.17) is 4.74 Å². The number of carbonyl (C=O) groups is 1. The topological polar surface area (TPSA) is 69.0 Å². The zero-order valence-corrected chi connectivity index (χ0v) is 19.7. The van der Waals surface area contributed by atoms with Crippen molar-refractivity contribution in [2.24, 2.45) is 0 Å². The van der Waals surface area contributed by atoms with Gasteiger partial charge >= 0.3 is 0 Å². The van der Waals surface area contributed by atoms with Crippen molar-refractivity contribution in [2.45, 2.75) is 25.5 Å². The maximum atomic E-state index is 12.7. The van der Waals surface area contributed by atoms with Gasteiger partial charge in [0.1, 0.15) is 5.75 Å². The molecule has 0 aliphatic rings. The fourth-order valence-electron chi connectivity index (χ4n) is 3.60. The number of aryl methyl sites for hydroxylation is 2. The van der Waals surface area contributed by atoms with Gasteiger partial charge in [-0.15, -0.1) is 10.2 Å². The van der Waals surface area contributed by atoms with Gasteiger partial charge in [0.2, 0.25) is 0 Å². The van der Waals surface area contributed by atoms with Gasteiger partial charge in [-0.2, -0.15) is 0 Å². The first kappa shape index (κ1) is 22.6. The van der Waals surface area contributed by atoms with Crippen molar-refractivity contribution < 1.29 is 9.53 Å². The lowest BCUT2D eigenvalue weighted by Crippen LogP contribution is -2.10. The Bertz CT molecular complexity index is 1220. The third-order valence-electron chi connectivity index (χ3n) is 5.36. The van der Waals surface area contributed by atoms with E-state index >= 15 is 0 Å². The zero-order valence-electron chi connectivity index (χ0n) is 18.9. The summed E-state index contributed by atoms with van der Waals surface area (Å²) in [6.45, 7) is 4.69. The predicted octanol–water partition coefficient (Wildman–Crippen LogP) is 5.48. The quantitative estimate of drug-likeness (QED) is 0.265. The Hall–Kier alpha value is -3.58. The van der Waals surface area contributed by atoms with Gasteiger partial charge in [-0.05, 0) is 61.4 Å². The summed E-state index contributed by atoms with van der Waals surface area (Å²) in [6, 6.07) is 23.3. The van der Waals surface area contributed by atoms with Crippen LogP contribution < -0.4 is 10.1 Å². The van der Waals surface area contributed by atoms with E-state index in [-0.39, 0.29) is 11.5 Å². The van der Waals surface area contributed by atoms with Crippen molar-refractivity contribution in [3.63, 3.8) is 0 Å². The Morgan fingerprint density at radius 1 is 0.939 bits per heavy atom. The molecule has 6 nitrogen and oxygen atoms in total. The Kier molecular flexibility index (Phi) is 7.10. The molecule has 0 bridgehead atoms. The van der Waals surface area contributed by atoms with Crippen LogP contribution in [-0.2, 0) is 6.54 Å². The standard InChI is InChI=1S/C26H26N4O2S/c1-18-8-7-9-19(2)25(18)27-16-24-28-29-26(30(24)21-10-5-4-6-11-21)33-17-23(31)20-12-14-22(32-3)15-13-20/h4-15,27H,16-17H2,1-3H3. The number of carbonyl (C=O) groups excluding carboxylic acids is 1. The van der Waals surface area contributed by atoms with Crippen LogP contribution in [0.1, 0.15) is 27.3 Å². The lowest BCUT2D eigenvalue weighted by Gasteiger charge is -2.14. The molecule has 0 atom stereocenters. The molecule has 0 unspecified atom stereocenters. The maximum Gasteiger partial charge on any atom is 0.196 e. The van der Waals surface area contributed by atoms with E-state index in [2.05, 4.69) is 47.6 Å². The molecule has 0 aliphatic carbocycles. The summed E-state index contributed by atoms with van der Waals surface area (Å²) in [5.74, 6) is 1.80. The van der Waals surface area contributed by atoms with Crippen molar-refractivity contribution >= 4 is 23.2 Å². The molecule has 1 heterocycles. The van der Waals surface area contributed by atoms with E-state index in [1.165, 1.54) is 22.9 Å². The second-order valence-electron chi connectivity index (χ2n) is 7.63. The first-order valence-corrected chi connectivity index (χ1v) is 11.6. The largest absolute Gasteiger partial charge is 0.497 e. The molecule has 1 aromatic heterocycles. The highest BCUT2D eigenvalue weighted by Gasteiger charge is 2.17. The molecule has 33 heavy (non-hydrogen) atoms. The maximum absolute atomic E-state index is 12.7. The first-order valence-electron chi connectivity index (χ1n) is 10.7. The minimum atomic E-state index is 0.0282. The summed E-state index contributed by atoms with van der Waals surface area (Å²) >= 11 is 1.38. The van der Waals surface area contributed by atoms with Gasteiger partial charge in [-0.25, -0.2) is 0 Å². The summed E-state index contributed by atoms with van der Waals surface area (Å²) in [6.07, 6.45) is 0. The van der Waals surface area contributed by atoms with Crippen LogP contribution in [0.3, 0.4) is 0 Å². The number of ether oxygens (including phenoxy) is 1. The highest BCUT2D eigenvalue weighted by molar-refractivity contribution is 7.99. The lowest BCUT2D eigenvalue weighted by atomic mass is 10.1. The molecule has 4 rings (SSSR count). The monoisotopic (exact) mass is 458 g/mol. The number of hydrogen-bond donors (Lipinski definition) is 1. The SMILES string of the molecule is COc1ccc(C(=O)CSc2nnc(CNc3c(C)cccc3C)n2-c2ccccc2)cc1. The van der Waals surface area contributed by atoms with Crippen molar-refractivity contribution in [1.29, 1.82) is 0 Å². The fraction of sp³-hybridized carbons (Fsp3) is 0.192. The number of Topliss-reactive ketones (excluding diaryl/α,β-unsaturated/α-hetero) is 1. The van der Waals surface area contributed by atoms with Gasteiger partial charge in [0.15, 0.2) is 16.8 Å². The molecule has 0 radical (unpaired) electrons. The van der Waals surface area contributed by atoms with E-state index in [1.54, 1.807) is 31.4 Å². The summed E-state index contributed by atoms with van der Waals surface area (Å²) < 4.78 is 7.18. The van der Waals surface area contributed by atoms with Crippen LogP contribution in [0, 0.1) is 13.8 Å². The number of rotatable bonds is 9. The zero-order chi connectivity index (χ0) is 23.2. The second kappa shape index (κ2) is 10.4. The smallest absolute Gasteiger partial charge is 0.196 e. The minimum Gasteiger partial charge on any atom is -0.497 e. The Labute approximate surface area is 198 Å². The molecule has 0 saturated carbocycles. The number of ketones is 1. The van der Waals surface area contributed by atoms with Crippen LogP contribution >= 0.6 is 11.8 Å². The molecule has 168 valence electrons. The van der Waals surface area contributed by atoms with Crippen LogP contribution in [0.5, 0.6) is 5.75 Å². The van der Waals surface area contributed by atoms with Gasteiger partial charge < -0.3 is 10.1 Å². The van der Waals surface area contributed by atoms with E-state index in [9.17, 15) is 4.79 Å². The Morgan fingerprint density at radius 3 is 2.30 bits per heavy atom.